The average molecular weight is 306 g/mol. The molecule has 0 aliphatic carbocycles. The van der Waals surface area contributed by atoms with Gasteiger partial charge in [-0.25, -0.2) is 4.79 Å². The Morgan fingerprint density at radius 2 is 1.23 bits per heavy atom. The maximum Gasteiger partial charge on any atom is 0.328 e. The predicted molar refractivity (Wildman–Crippen MR) is 96.1 cm³/mol. The molecule has 0 atom stereocenters. The van der Waals surface area contributed by atoms with Crippen LogP contribution < -0.4 is 0 Å². The molecular formula is C20H34O2. The molecule has 0 saturated heterocycles. The summed E-state index contributed by atoms with van der Waals surface area (Å²) in [6.45, 7) is 2.27. The van der Waals surface area contributed by atoms with E-state index in [0.29, 0.717) is 0 Å². The lowest BCUT2D eigenvalue weighted by atomic mass is 10.1. The average Bonchev–Trinajstić information content (AvgIpc) is 2.50. The Bertz CT molecular complexity index is 327. The fourth-order valence-electron chi connectivity index (χ4n) is 2.37. The molecule has 0 aliphatic rings. The van der Waals surface area contributed by atoms with Crippen LogP contribution in [-0.2, 0) is 4.79 Å². The number of aliphatic carboxylic acids is 1. The Balaban J connectivity index is 3.21. The van der Waals surface area contributed by atoms with E-state index in [9.17, 15) is 4.79 Å². The van der Waals surface area contributed by atoms with Crippen LogP contribution in [0.5, 0.6) is 0 Å². The van der Waals surface area contributed by atoms with Crippen molar-refractivity contribution in [1.29, 1.82) is 0 Å². The van der Waals surface area contributed by atoms with Crippen LogP contribution in [0.3, 0.4) is 0 Å². The molecule has 0 aromatic rings. The molecule has 126 valence electrons. The normalized spacial score (nSPS) is 12.0. The first-order valence-electron chi connectivity index (χ1n) is 9.00. The van der Waals surface area contributed by atoms with Gasteiger partial charge in [0, 0.05) is 6.08 Å². The van der Waals surface area contributed by atoms with Crippen molar-refractivity contribution in [1.82, 2.24) is 0 Å². The SMILES string of the molecule is CCCCCCCCCCCCC\C=C/C=C\C=C/C(=O)O. The van der Waals surface area contributed by atoms with Gasteiger partial charge >= 0.3 is 5.97 Å². The lowest BCUT2D eigenvalue weighted by Crippen LogP contribution is -1.84. The van der Waals surface area contributed by atoms with Gasteiger partial charge in [0.25, 0.3) is 0 Å². The van der Waals surface area contributed by atoms with Crippen LogP contribution in [-0.4, -0.2) is 11.1 Å². The topological polar surface area (TPSA) is 37.3 Å². The highest BCUT2D eigenvalue weighted by molar-refractivity contribution is 5.80. The zero-order valence-electron chi connectivity index (χ0n) is 14.3. The maximum absolute atomic E-state index is 10.2. The third-order valence-corrected chi connectivity index (χ3v) is 3.68. The van der Waals surface area contributed by atoms with E-state index >= 15 is 0 Å². The highest BCUT2D eigenvalue weighted by Crippen LogP contribution is 2.11. The minimum Gasteiger partial charge on any atom is -0.478 e. The highest BCUT2D eigenvalue weighted by Gasteiger charge is 1.92. The van der Waals surface area contributed by atoms with Gasteiger partial charge in [0.1, 0.15) is 0 Å². The van der Waals surface area contributed by atoms with E-state index in [0.717, 1.165) is 12.5 Å². The molecule has 0 aromatic carbocycles. The fraction of sp³-hybridized carbons (Fsp3) is 0.650. The second kappa shape index (κ2) is 17.7. The fourth-order valence-corrected chi connectivity index (χ4v) is 2.37. The van der Waals surface area contributed by atoms with Crippen molar-refractivity contribution in [3.63, 3.8) is 0 Å². The first-order chi connectivity index (χ1) is 10.8. The van der Waals surface area contributed by atoms with E-state index in [4.69, 9.17) is 5.11 Å². The van der Waals surface area contributed by atoms with Crippen LogP contribution in [0.4, 0.5) is 0 Å². The van der Waals surface area contributed by atoms with Gasteiger partial charge in [-0.15, -0.1) is 0 Å². The molecule has 0 aromatic heterocycles. The first kappa shape index (κ1) is 20.7. The van der Waals surface area contributed by atoms with Gasteiger partial charge in [-0.05, 0) is 12.8 Å². The molecule has 0 heterocycles. The number of allylic oxidation sites excluding steroid dienone is 5. The van der Waals surface area contributed by atoms with Crippen molar-refractivity contribution >= 4 is 5.97 Å². The molecule has 0 spiro atoms. The van der Waals surface area contributed by atoms with Crippen molar-refractivity contribution in [2.24, 2.45) is 0 Å². The van der Waals surface area contributed by atoms with Crippen LogP contribution >= 0.6 is 0 Å². The second-order valence-corrected chi connectivity index (χ2v) is 5.83. The molecule has 0 fully saturated rings. The summed E-state index contributed by atoms with van der Waals surface area (Å²) >= 11 is 0. The Labute approximate surface area is 137 Å². The molecule has 2 nitrogen and oxygen atoms in total. The maximum atomic E-state index is 10.2. The molecule has 0 aliphatic heterocycles. The lowest BCUT2D eigenvalue weighted by Gasteiger charge is -2.01. The highest BCUT2D eigenvalue weighted by atomic mass is 16.4. The van der Waals surface area contributed by atoms with Crippen LogP contribution in [0.1, 0.15) is 84.0 Å². The molecule has 0 saturated carbocycles. The summed E-state index contributed by atoms with van der Waals surface area (Å²) in [7, 11) is 0. The number of carboxylic acids is 1. The van der Waals surface area contributed by atoms with Crippen LogP contribution in [0.2, 0.25) is 0 Å². The minimum atomic E-state index is -0.908. The molecule has 0 radical (unpaired) electrons. The van der Waals surface area contributed by atoms with Crippen molar-refractivity contribution < 1.29 is 9.90 Å². The third kappa shape index (κ3) is 18.7. The van der Waals surface area contributed by atoms with E-state index in [1.54, 1.807) is 6.08 Å². The van der Waals surface area contributed by atoms with Crippen molar-refractivity contribution in [3.05, 3.63) is 36.5 Å². The monoisotopic (exact) mass is 306 g/mol. The number of unbranched alkanes of at least 4 members (excludes halogenated alkanes) is 11. The Hall–Kier alpha value is -1.31. The minimum absolute atomic E-state index is 0.908. The summed E-state index contributed by atoms with van der Waals surface area (Å²) in [6.07, 6.45) is 26.7. The zero-order valence-corrected chi connectivity index (χ0v) is 14.3. The summed E-state index contributed by atoms with van der Waals surface area (Å²) in [5, 5.41) is 8.40. The van der Waals surface area contributed by atoms with Crippen LogP contribution in [0, 0.1) is 0 Å². The van der Waals surface area contributed by atoms with Crippen LogP contribution in [0.15, 0.2) is 36.5 Å². The summed E-state index contributed by atoms with van der Waals surface area (Å²) < 4.78 is 0. The smallest absolute Gasteiger partial charge is 0.328 e. The molecular weight excluding hydrogens is 272 g/mol. The molecule has 22 heavy (non-hydrogen) atoms. The zero-order chi connectivity index (χ0) is 16.3. The Morgan fingerprint density at radius 1 is 0.727 bits per heavy atom. The largest absolute Gasteiger partial charge is 0.478 e. The Morgan fingerprint density at radius 3 is 1.77 bits per heavy atom. The van der Waals surface area contributed by atoms with E-state index in [1.807, 2.05) is 12.2 Å². The van der Waals surface area contributed by atoms with E-state index in [2.05, 4.69) is 13.0 Å². The van der Waals surface area contributed by atoms with E-state index < -0.39 is 5.97 Å². The number of hydrogen-bond donors (Lipinski definition) is 1. The quantitative estimate of drug-likeness (QED) is 0.215. The van der Waals surface area contributed by atoms with Crippen molar-refractivity contribution in [2.75, 3.05) is 0 Å². The van der Waals surface area contributed by atoms with Gasteiger partial charge in [0.2, 0.25) is 0 Å². The number of carboxylic acid groups (broad SMARTS) is 1. The summed E-state index contributed by atoms with van der Waals surface area (Å²) in [5.74, 6) is -0.908. The number of carbonyl (C=O) groups is 1. The number of rotatable bonds is 15. The second-order valence-electron chi connectivity index (χ2n) is 5.83. The standard InChI is InChI=1S/C20H34O2/c1-2-3-4-5-6-7-8-9-10-11-12-13-14-15-16-17-18-19-20(21)22/h14-19H,2-13H2,1H3,(H,21,22)/b15-14-,17-16-,19-18-. The molecule has 2 heteroatoms. The molecule has 1 N–H and O–H groups in total. The van der Waals surface area contributed by atoms with E-state index in [-0.39, 0.29) is 0 Å². The predicted octanol–water partition coefficient (Wildman–Crippen LogP) is 6.44. The van der Waals surface area contributed by atoms with Gasteiger partial charge in [-0.1, -0.05) is 102 Å². The van der Waals surface area contributed by atoms with Crippen LogP contribution in [0.25, 0.3) is 0 Å². The van der Waals surface area contributed by atoms with Gasteiger partial charge in [0.15, 0.2) is 0 Å². The summed E-state index contributed by atoms with van der Waals surface area (Å²) in [6, 6.07) is 0. The molecule has 0 amide bonds. The van der Waals surface area contributed by atoms with Gasteiger partial charge < -0.3 is 5.11 Å². The number of hydrogen-bond acceptors (Lipinski definition) is 1. The summed E-state index contributed by atoms with van der Waals surface area (Å²) in [4.78, 5) is 10.2. The Kier molecular flexibility index (Phi) is 16.7. The first-order valence-corrected chi connectivity index (χ1v) is 9.00. The molecule has 0 bridgehead atoms. The van der Waals surface area contributed by atoms with E-state index in [1.165, 1.54) is 76.7 Å². The molecule has 0 unspecified atom stereocenters. The van der Waals surface area contributed by atoms with Gasteiger partial charge in [-0.3, -0.25) is 0 Å². The third-order valence-electron chi connectivity index (χ3n) is 3.68. The van der Waals surface area contributed by atoms with Gasteiger partial charge in [0.05, 0.1) is 0 Å². The van der Waals surface area contributed by atoms with Crippen molar-refractivity contribution in [2.45, 2.75) is 84.0 Å². The lowest BCUT2D eigenvalue weighted by molar-refractivity contribution is -0.131. The van der Waals surface area contributed by atoms with Crippen molar-refractivity contribution in [3.8, 4) is 0 Å². The van der Waals surface area contributed by atoms with Gasteiger partial charge in [-0.2, -0.15) is 0 Å². The summed E-state index contributed by atoms with van der Waals surface area (Å²) in [5.41, 5.74) is 0. The molecule has 0 rings (SSSR count).